The summed E-state index contributed by atoms with van der Waals surface area (Å²) < 4.78 is 6.13. The fourth-order valence-corrected chi connectivity index (χ4v) is 8.86. The van der Waals surface area contributed by atoms with Crippen LogP contribution in [-0.2, 0) is 5.41 Å². The van der Waals surface area contributed by atoms with Gasteiger partial charge in [0.15, 0.2) is 0 Å². The first-order valence-electron chi connectivity index (χ1n) is 18.4. The van der Waals surface area contributed by atoms with Crippen LogP contribution in [0.1, 0.15) is 25.0 Å². The van der Waals surface area contributed by atoms with Crippen molar-refractivity contribution in [1.29, 1.82) is 0 Å². The zero-order valence-electron chi connectivity index (χ0n) is 29.6. The molecule has 2 heteroatoms. The Morgan fingerprint density at radius 3 is 1.75 bits per heavy atom. The van der Waals surface area contributed by atoms with Gasteiger partial charge < -0.3 is 9.40 Å². The van der Waals surface area contributed by atoms with Crippen LogP contribution in [0.3, 0.4) is 0 Å². The van der Waals surface area contributed by atoms with Crippen LogP contribution in [0.5, 0.6) is 0 Å². The van der Waals surface area contributed by atoms with E-state index in [1.54, 1.807) is 0 Å². The van der Waals surface area contributed by atoms with Gasteiger partial charge in [-0.1, -0.05) is 129 Å². The molecule has 53 heavy (non-hydrogen) atoms. The van der Waals surface area contributed by atoms with Gasteiger partial charge in [0.1, 0.15) is 11.2 Å². The Bertz CT molecular complexity index is 3080. The molecule has 10 aromatic rings. The van der Waals surface area contributed by atoms with E-state index in [0.717, 1.165) is 27.5 Å². The third kappa shape index (κ3) is 4.59. The molecule has 8 aromatic carbocycles. The predicted octanol–water partition coefficient (Wildman–Crippen LogP) is 14.2. The molecule has 0 fully saturated rings. The fourth-order valence-electron chi connectivity index (χ4n) is 8.86. The zero-order chi connectivity index (χ0) is 35.3. The Kier molecular flexibility index (Phi) is 6.33. The number of aromatic nitrogens is 1. The van der Waals surface area contributed by atoms with Gasteiger partial charge in [-0.3, -0.25) is 0 Å². The second kappa shape index (κ2) is 11.2. The molecule has 2 aromatic heterocycles. The number of rotatable bonds is 4. The number of furan rings is 1. The maximum atomic E-state index is 6.13. The first-order valence-corrected chi connectivity index (χ1v) is 18.4. The van der Waals surface area contributed by atoms with Gasteiger partial charge in [-0.05, 0) is 116 Å². The molecule has 0 atom stereocenters. The Morgan fingerprint density at radius 2 is 0.962 bits per heavy atom. The molecule has 1 aliphatic carbocycles. The van der Waals surface area contributed by atoms with Crippen LogP contribution in [-0.4, -0.2) is 4.98 Å². The highest BCUT2D eigenvalue weighted by Gasteiger charge is 2.36. The van der Waals surface area contributed by atoms with Gasteiger partial charge in [0, 0.05) is 38.0 Å². The molecule has 1 aliphatic rings. The Balaban J connectivity index is 1.03. The number of benzene rings is 8. The normalized spacial score (nSPS) is 13.2. The van der Waals surface area contributed by atoms with Crippen molar-refractivity contribution >= 4 is 43.7 Å². The number of aromatic amines is 1. The SMILES string of the molecule is CC1(C)c2cc(-c3cc(-c4ccccc4)cc(-c4cccc5c4[nH]c4ccccc45)c3)ccc2-c2ccc(-c3ccc4oc5ccccc5c4c3)cc21. The van der Waals surface area contributed by atoms with Gasteiger partial charge >= 0.3 is 0 Å². The highest BCUT2D eigenvalue weighted by molar-refractivity contribution is 6.12. The molecule has 0 unspecified atom stereocenters. The minimum Gasteiger partial charge on any atom is -0.456 e. The van der Waals surface area contributed by atoms with Crippen molar-refractivity contribution in [2.45, 2.75) is 19.3 Å². The first kappa shape index (κ1) is 30.0. The lowest BCUT2D eigenvalue weighted by molar-refractivity contribution is 0.661. The number of hydrogen-bond acceptors (Lipinski definition) is 1. The van der Waals surface area contributed by atoms with Crippen molar-refractivity contribution in [1.82, 2.24) is 4.98 Å². The maximum Gasteiger partial charge on any atom is 0.135 e. The lowest BCUT2D eigenvalue weighted by Crippen LogP contribution is -2.15. The van der Waals surface area contributed by atoms with Crippen LogP contribution in [0, 0.1) is 0 Å². The molecular weight excluding hydrogens is 643 g/mol. The summed E-state index contributed by atoms with van der Waals surface area (Å²) in [4.78, 5) is 3.75. The highest BCUT2D eigenvalue weighted by atomic mass is 16.3. The summed E-state index contributed by atoms with van der Waals surface area (Å²) in [5, 5.41) is 4.81. The smallest absolute Gasteiger partial charge is 0.135 e. The predicted molar refractivity (Wildman–Crippen MR) is 222 cm³/mol. The molecular formula is C51H35NO. The largest absolute Gasteiger partial charge is 0.456 e. The van der Waals surface area contributed by atoms with E-state index in [9.17, 15) is 0 Å². The van der Waals surface area contributed by atoms with Crippen LogP contribution in [0.4, 0.5) is 0 Å². The third-order valence-corrected chi connectivity index (χ3v) is 11.6. The van der Waals surface area contributed by atoms with Crippen molar-refractivity contribution in [3.05, 3.63) is 181 Å². The number of fused-ring (bicyclic) bond motifs is 9. The van der Waals surface area contributed by atoms with E-state index < -0.39 is 0 Å². The summed E-state index contributed by atoms with van der Waals surface area (Å²) in [5.74, 6) is 0. The van der Waals surface area contributed by atoms with E-state index in [4.69, 9.17) is 4.42 Å². The molecule has 0 amide bonds. The van der Waals surface area contributed by atoms with Crippen LogP contribution in [0.25, 0.3) is 99.4 Å². The van der Waals surface area contributed by atoms with Gasteiger partial charge in [-0.15, -0.1) is 0 Å². The van der Waals surface area contributed by atoms with Crippen LogP contribution in [0.2, 0.25) is 0 Å². The summed E-state index contributed by atoms with van der Waals surface area (Å²) in [7, 11) is 0. The number of nitrogens with one attached hydrogen (secondary N) is 1. The molecule has 0 saturated heterocycles. The number of H-pyrrole nitrogens is 1. The van der Waals surface area contributed by atoms with Crippen molar-refractivity contribution in [3.63, 3.8) is 0 Å². The Labute approximate surface area is 308 Å². The van der Waals surface area contributed by atoms with E-state index in [2.05, 4.69) is 177 Å². The van der Waals surface area contributed by atoms with Crippen LogP contribution < -0.4 is 0 Å². The molecule has 0 radical (unpaired) electrons. The van der Waals surface area contributed by atoms with E-state index in [0.29, 0.717) is 0 Å². The van der Waals surface area contributed by atoms with Crippen molar-refractivity contribution < 1.29 is 4.42 Å². The van der Waals surface area contributed by atoms with Gasteiger partial charge in [0.2, 0.25) is 0 Å². The van der Waals surface area contributed by atoms with Crippen molar-refractivity contribution in [3.8, 4) is 55.6 Å². The summed E-state index contributed by atoms with van der Waals surface area (Å²) in [6.07, 6.45) is 0. The summed E-state index contributed by atoms with van der Waals surface area (Å²) in [6.45, 7) is 4.75. The molecule has 11 rings (SSSR count). The van der Waals surface area contributed by atoms with Gasteiger partial charge in [-0.25, -0.2) is 0 Å². The third-order valence-electron chi connectivity index (χ3n) is 11.6. The molecule has 2 nitrogen and oxygen atoms in total. The topological polar surface area (TPSA) is 28.9 Å². The standard InChI is InChI=1S/C51H35NO/c1-51(2)45-29-33(32-21-24-49-44(28-32)42-14-7-9-18-48(42)53-49)19-22-39(45)40-23-20-34(30-46(40)51)36-25-35(31-11-4-3-5-12-31)26-37(27-36)38-15-10-16-43-41-13-6-8-17-47(41)52-50(38)43/h3-30,52H,1-2H3. The summed E-state index contributed by atoms with van der Waals surface area (Å²) in [6, 6.07) is 62.1. The average molecular weight is 678 g/mol. The van der Waals surface area contributed by atoms with Crippen LogP contribution >= 0.6 is 0 Å². The zero-order valence-corrected chi connectivity index (χ0v) is 29.6. The van der Waals surface area contributed by atoms with Crippen LogP contribution in [0.15, 0.2) is 174 Å². The van der Waals surface area contributed by atoms with Crippen molar-refractivity contribution in [2.75, 3.05) is 0 Å². The molecule has 2 heterocycles. The lowest BCUT2D eigenvalue weighted by atomic mass is 9.80. The minimum atomic E-state index is -0.168. The lowest BCUT2D eigenvalue weighted by Gasteiger charge is -2.23. The molecule has 0 bridgehead atoms. The molecule has 0 spiro atoms. The second-order valence-corrected chi connectivity index (χ2v) is 15.0. The first-order chi connectivity index (χ1) is 26.0. The fraction of sp³-hybridized carbons (Fsp3) is 0.0588. The Morgan fingerprint density at radius 1 is 0.377 bits per heavy atom. The monoisotopic (exact) mass is 677 g/mol. The average Bonchev–Trinajstić information content (AvgIpc) is 3.85. The van der Waals surface area contributed by atoms with Gasteiger partial charge in [-0.2, -0.15) is 0 Å². The quantitative estimate of drug-likeness (QED) is 0.197. The minimum absolute atomic E-state index is 0.168. The molecule has 0 aliphatic heterocycles. The summed E-state index contributed by atoms with van der Waals surface area (Å²) >= 11 is 0. The van der Waals surface area contributed by atoms with Gasteiger partial charge in [0.25, 0.3) is 0 Å². The van der Waals surface area contributed by atoms with Crippen molar-refractivity contribution in [2.24, 2.45) is 0 Å². The second-order valence-electron chi connectivity index (χ2n) is 15.0. The van der Waals surface area contributed by atoms with E-state index in [-0.39, 0.29) is 5.41 Å². The molecule has 250 valence electrons. The molecule has 1 N–H and O–H groups in total. The Hall–Kier alpha value is -6.64. The maximum absolute atomic E-state index is 6.13. The van der Waals surface area contributed by atoms with Gasteiger partial charge in [0.05, 0.1) is 5.52 Å². The highest BCUT2D eigenvalue weighted by Crippen LogP contribution is 2.51. The van der Waals surface area contributed by atoms with E-state index in [1.807, 2.05) is 12.1 Å². The summed E-state index contributed by atoms with van der Waals surface area (Å²) in [5.41, 5.74) is 19.1. The van der Waals surface area contributed by atoms with E-state index in [1.165, 1.54) is 83.1 Å². The molecule has 0 saturated carbocycles. The van der Waals surface area contributed by atoms with E-state index >= 15 is 0 Å². The number of para-hydroxylation sites is 3. The number of hydrogen-bond donors (Lipinski definition) is 1.